The van der Waals surface area contributed by atoms with E-state index in [9.17, 15) is 0 Å². The van der Waals surface area contributed by atoms with E-state index in [4.69, 9.17) is 49.6 Å². The molecule has 0 radical (unpaired) electrons. The molecule has 0 amide bonds. The van der Waals surface area contributed by atoms with Gasteiger partial charge in [-0.2, -0.15) is 0 Å². The molecule has 0 aromatic heterocycles. The second kappa shape index (κ2) is 858. The third-order valence-corrected chi connectivity index (χ3v) is 0.750. The third kappa shape index (κ3) is 2340. The molecule has 0 aromatic carbocycles. The SMILES string of the molecule is [C-]#N.[C-]#N.[C-]#N.[C-]#[O+].[C-]#[O+].[CH-]=O.[Fe+2].[Fe+4].[SH2+]CNC[SH2+]. The molecule has 0 fully saturated rings. The van der Waals surface area contributed by atoms with Gasteiger partial charge in [0.2, 0.25) is 0 Å². The maximum atomic E-state index is 7.75. The summed E-state index contributed by atoms with van der Waals surface area (Å²) in [5, 5.41) is 21.7. The monoisotopic (exact) mass is 386 g/mol. The van der Waals surface area contributed by atoms with E-state index in [0.29, 0.717) is 0 Å². The zero-order valence-corrected chi connectivity index (χ0v) is 13.5. The van der Waals surface area contributed by atoms with Crippen LogP contribution in [0.15, 0.2) is 0 Å². The van der Waals surface area contributed by atoms with E-state index < -0.39 is 0 Å². The van der Waals surface area contributed by atoms with Gasteiger partial charge in [-0.3, -0.25) is 6.79 Å². The van der Waals surface area contributed by atoms with E-state index in [1.54, 1.807) is 0 Å². The molecule has 0 spiro atoms. The zero-order chi connectivity index (χ0) is 16.1. The van der Waals surface area contributed by atoms with Gasteiger partial charge in [0.15, 0.2) is 11.8 Å². The molecule has 0 atom stereocenters. The molecule has 19 heavy (non-hydrogen) atoms. The predicted octanol–water partition coefficient (Wildman–Crippen LogP) is -1.55. The Bertz CT molecular complexity index is 141. The van der Waals surface area contributed by atoms with Crippen LogP contribution in [0.5, 0.6) is 0 Å². The molecule has 0 aliphatic heterocycles. The van der Waals surface area contributed by atoms with Gasteiger partial charge in [-0.15, -0.1) is 0 Å². The Hall–Kier alpha value is -0.681. The molecule has 0 saturated heterocycles. The molecule has 0 heterocycles. The summed E-state index contributed by atoms with van der Waals surface area (Å²) < 4.78 is 15.0. The summed E-state index contributed by atoms with van der Waals surface area (Å²) in [6.45, 7) is 26.5. The van der Waals surface area contributed by atoms with Crippen molar-refractivity contribution in [1.29, 1.82) is 15.8 Å². The molecule has 0 aliphatic rings. The standard InChI is InChI=1S/C2H7NS2.3CN.CHO.2CO.2Fe/c4-1-3-2-5;6*1-2;;/h3-5H,1-2H2;;;;1H;;;;/q;4*-1;;;+2;+4/p+2. The Kier molecular flexibility index (Phi) is 2860. The van der Waals surface area contributed by atoms with Crippen LogP contribution in [0.2, 0.25) is 0 Å². The van der Waals surface area contributed by atoms with Crippen molar-refractivity contribution in [3.8, 4) is 0 Å². The van der Waals surface area contributed by atoms with Gasteiger partial charge < -0.3 is 40.3 Å². The van der Waals surface area contributed by atoms with Crippen LogP contribution in [0.25, 0.3) is 0 Å². The van der Waals surface area contributed by atoms with Crippen molar-refractivity contribution in [2.24, 2.45) is 0 Å². The van der Waals surface area contributed by atoms with Crippen LogP contribution < -0.4 is 5.32 Å². The Morgan fingerprint density at radius 2 is 0.947 bits per heavy atom. The van der Waals surface area contributed by atoms with Gasteiger partial charge in [0.25, 0.3) is 0 Å². The van der Waals surface area contributed by atoms with E-state index in [2.05, 4.69) is 50.7 Å². The van der Waals surface area contributed by atoms with Crippen molar-refractivity contribution < 1.29 is 48.2 Å². The summed E-state index contributed by atoms with van der Waals surface area (Å²) in [6.07, 6.45) is 0. The first kappa shape index (κ1) is 63.3. The summed E-state index contributed by atoms with van der Waals surface area (Å²) in [7, 11) is 0. The Morgan fingerprint density at radius 1 is 0.842 bits per heavy atom. The van der Waals surface area contributed by atoms with Gasteiger partial charge >= 0.3 is 56.7 Å². The van der Waals surface area contributed by atoms with Crippen molar-refractivity contribution in [2.45, 2.75) is 0 Å². The fourth-order valence-corrected chi connectivity index (χ4v) is 0.562. The number of hydrogen-bond donors (Lipinski definition) is 1. The van der Waals surface area contributed by atoms with Crippen LogP contribution in [0.3, 0.4) is 0 Å². The number of nitrogens with zero attached hydrogens (tertiary/aromatic N) is 3. The fraction of sp³-hybridized carbons (Fsp3) is 0.250. The average Bonchev–Trinajstić information content (AvgIpc) is 2.52. The first-order chi connectivity index (χ1) is 8.41. The minimum absolute atomic E-state index is 0. The third-order valence-electron chi connectivity index (χ3n) is 0.250. The van der Waals surface area contributed by atoms with Crippen LogP contribution >= 0.6 is 0 Å². The summed E-state index contributed by atoms with van der Waals surface area (Å²) >= 11 is 6.42. The zero-order valence-electron chi connectivity index (χ0n) is 9.27. The van der Waals surface area contributed by atoms with E-state index in [-0.39, 0.29) is 34.1 Å². The van der Waals surface area contributed by atoms with Gasteiger partial charge in [-0.1, -0.05) is 0 Å². The van der Waals surface area contributed by atoms with Crippen molar-refractivity contribution in [3.05, 3.63) is 33.0 Å². The smallest absolute Gasteiger partial charge is 0.545 e. The molecule has 0 bridgehead atoms. The van der Waals surface area contributed by atoms with E-state index in [1.165, 1.54) is 0 Å². The summed E-state index contributed by atoms with van der Waals surface area (Å²) in [4.78, 5) is 7.75. The number of rotatable bonds is 2. The number of hydrogen-bond acceptors (Lipinski definition) is 5. The second-order valence-electron chi connectivity index (χ2n) is 0.604. The summed E-state index contributed by atoms with van der Waals surface area (Å²) in [6, 6.07) is 0. The van der Waals surface area contributed by atoms with Crippen LogP contribution in [-0.2, 0) is 73.5 Å². The molecular weight excluding hydrogens is 376 g/mol. The molecular formula is C8H10Fe2N4O3S2+4. The Balaban J connectivity index is -0.00000000912. The molecule has 0 unspecified atom stereocenters. The summed E-state index contributed by atoms with van der Waals surface area (Å²) in [5.41, 5.74) is 0. The molecule has 0 aromatic rings. The van der Waals surface area contributed by atoms with Gasteiger partial charge in [-0.25, -0.2) is 5.32 Å². The van der Waals surface area contributed by atoms with Gasteiger partial charge in [0, 0.05) is 0 Å². The largest absolute Gasteiger partial charge is 4.00 e. The normalized spacial score (nSPS) is 2.95. The second-order valence-corrected chi connectivity index (χ2v) is 1.31. The van der Waals surface area contributed by atoms with Crippen LogP contribution in [0, 0.1) is 48.8 Å². The molecule has 0 saturated carbocycles. The first-order valence-corrected chi connectivity index (χ1v) is 4.14. The van der Waals surface area contributed by atoms with Crippen LogP contribution in [0.1, 0.15) is 0 Å². The summed E-state index contributed by atoms with van der Waals surface area (Å²) in [5.74, 6) is 1.70. The maximum Gasteiger partial charge on any atom is 4.00 e. The fourth-order valence-electron chi connectivity index (χ4n) is 0.0625. The van der Waals surface area contributed by atoms with E-state index >= 15 is 0 Å². The van der Waals surface area contributed by atoms with Gasteiger partial charge in [0.1, 0.15) is 0 Å². The van der Waals surface area contributed by atoms with Gasteiger partial charge in [-0.05, 0) is 25.3 Å². The minimum atomic E-state index is 0. The van der Waals surface area contributed by atoms with Crippen molar-refractivity contribution in [2.75, 3.05) is 11.8 Å². The van der Waals surface area contributed by atoms with Crippen LogP contribution in [0.4, 0.5) is 0 Å². The number of nitrogens with one attached hydrogen (secondary N) is 1. The number of carbonyl (C=O) groups excluding carboxylic acids is 1. The Labute approximate surface area is 145 Å². The minimum Gasteiger partial charge on any atom is -0.545 e. The molecule has 11 heteroatoms. The maximum absolute atomic E-state index is 7.75. The van der Waals surface area contributed by atoms with Crippen LogP contribution in [-0.4, -0.2) is 18.5 Å². The quantitative estimate of drug-likeness (QED) is 0.265. The average molecular weight is 386 g/mol. The molecule has 1 N–H and O–H groups in total. The molecule has 7 nitrogen and oxygen atoms in total. The molecule has 0 aliphatic carbocycles. The van der Waals surface area contributed by atoms with E-state index in [1.807, 2.05) is 0 Å². The molecule has 104 valence electrons. The van der Waals surface area contributed by atoms with Crippen molar-refractivity contribution in [3.63, 3.8) is 0 Å². The van der Waals surface area contributed by atoms with Gasteiger partial charge in [0.05, 0.1) is 0 Å². The van der Waals surface area contributed by atoms with E-state index in [0.717, 1.165) is 11.8 Å². The topological polar surface area (TPSA) is 140 Å². The first-order valence-electron chi connectivity index (χ1n) is 2.73. The Morgan fingerprint density at radius 3 is 0.947 bits per heavy atom. The molecule has 0 rings (SSSR count). The van der Waals surface area contributed by atoms with Crippen molar-refractivity contribution >= 4 is 32.0 Å². The van der Waals surface area contributed by atoms with Crippen molar-refractivity contribution in [1.82, 2.24) is 5.32 Å². The predicted molar refractivity (Wildman–Crippen MR) is 62.7 cm³/mol.